The van der Waals surface area contributed by atoms with Crippen molar-refractivity contribution in [3.63, 3.8) is 0 Å². The van der Waals surface area contributed by atoms with Crippen molar-refractivity contribution in [1.82, 2.24) is 0 Å². The third-order valence-corrected chi connectivity index (χ3v) is 3.60. The zero-order valence-corrected chi connectivity index (χ0v) is 11.1. The summed E-state index contributed by atoms with van der Waals surface area (Å²) in [4.78, 5) is 11.5. The van der Waals surface area contributed by atoms with Gasteiger partial charge in [0.25, 0.3) is 0 Å². The number of esters is 1. The van der Waals surface area contributed by atoms with Gasteiger partial charge < -0.3 is 14.6 Å². The van der Waals surface area contributed by atoms with E-state index >= 15 is 0 Å². The molecule has 1 fully saturated rings. The van der Waals surface area contributed by atoms with Crippen molar-refractivity contribution in [2.75, 3.05) is 7.11 Å². The maximum atomic E-state index is 11.5. The van der Waals surface area contributed by atoms with E-state index in [0.717, 1.165) is 5.56 Å². The number of carbonyl (C=O) groups excluding carboxylic acids is 1. The number of aliphatic hydroxyl groups excluding tert-OH is 1. The van der Waals surface area contributed by atoms with Crippen molar-refractivity contribution >= 4 is 5.97 Å². The van der Waals surface area contributed by atoms with Crippen molar-refractivity contribution < 1.29 is 19.4 Å². The van der Waals surface area contributed by atoms with E-state index in [1.807, 2.05) is 30.3 Å². The Morgan fingerprint density at radius 2 is 2.05 bits per heavy atom. The molecule has 1 aromatic carbocycles. The largest absolute Gasteiger partial charge is 0.469 e. The highest BCUT2D eigenvalue weighted by Gasteiger charge is 2.34. The van der Waals surface area contributed by atoms with E-state index in [4.69, 9.17) is 9.47 Å². The standard InChI is InChI=1S/C15H20O4/c1-18-15(17)12-7-8-13(16)14(9-12)19-10-11-5-3-2-4-6-11/h2-6,12-14,16H,7-10H2,1H3. The second-order valence-corrected chi connectivity index (χ2v) is 4.94. The van der Waals surface area contributed by atoms with Crippen molar-refractivity contribution in [2.45, 2.75) is 38.1 Å². The van der Waals surface area contributed by atoms with Crippen molar-refractivity contribution in [3.05, 3.63) is 35.9 Å². The quantitative estimate of drug-likeness (QED) is 0.844. The molecule has 0 spiro atoms. The van der Waals surface area contributed by atoms with Gasteiger partial charge in [-0.3, -0.25) is 4.79 Å². The van der Waals surface area contributed by atoms with Crippen molar-refractivity contribution in [3.8, 4) is 0 Å². The average molecular weight is 264 g/mol. The summed E-state index contributed by atoms with van der Waals surface area (Å²) in [6.45, 7) is 0.455. The van der Waals surface area contributed by atoms with Crippen LogP contribution >= 0.6 is 0 Å². The highest BCUT2D eigenvalue weighted by molar-refractivity contribution is 5.72. The normalized spacial score (nSPS) is 26.9. The molecule has 0 aromatic heterocycles. The van der Waals surface area contributed by atoms with E-state index < -0.39 is 6.10 Å². The number of ether oxygens (including phenoxy) is 2. The van der Waals surface area contributed by atoms with Crippen molar-refractivity contribution in [2.24, 2.45) is 5.92 Å². The van der Waals surface area contributed by atoms with Gasteiger partial charge in [0.15, 0.2) is 0 Å². The molecule has 1 N–H and O–H groups in total. The van der Waals surface area contributed by atoms with Gasteiger partial charge in [0, 0.05) is 0 Å². The van der Waals surface area contributed by atoms with Crippen LogP contribution in [0.1, 0.15) is 24.8 Å². The summed E-state index contributed by atoms with van der Waals surface area (Å²) in [5, 5.41) is 9.94. The molecule has 3 atom stereocenters. The Labute approximate surface area is 113 Å². The first-order valence-corrected chi connectivity index (χ1v) is 6.62. The summed E-state index contributed by atoms with van der Waals surface area (Å²) in [5.74, 6) is -0.366. The Hall–Kier alpha value is -1.39. The summed E-state index contributed by atoms with van der Waals surface area (Å²) < 4.78 is 10.5. The predicted molar refractivity (Wildman–Crippen MR) is 70.4 cm³/mol. The fraction of sp³-hybridized carbons (Fsp3) is 0.533. The molecule has 1 saturated carbocycles. The molecule has 0 heterocycles. The molecule has 0 bridgehead atoms. The average Bonchev–Trinajstić information content (AvgIpc) is 2.46. The number of benzene rings is 1. The minimum atomic E-state index is -0.496. The lowest BCUT2D eigenvalue weighted by molar-refractivity contribution is -0.152. The molecule has 1 aromatic rings. The lowest BCUT2D eigenvalue weighted by Crippen LogP contribution is -2.38. The smallest absolute Gasteiger partial charge is 0.308 e. The van der Waals surface area contributed by atoms with E-state index in [1.54, 1.807) is 0 Å². The van der Waals surface area contributed by atoms with Crippen LogP contribution in [0.5, 0.6) is 0 Å². The van der Waals surface area contributed by atoms with Crippen LogP contribution in [-0.2, 0) is 20.9 Å². The van der Waals surface area contributed by atoms with Gasteiger partial charge in [0.1, 0.15) is 0 Å². The van der Waals surface area contributed by atoms with Crippen LogP contribution in [0.2, 0.25) is 0 Å². The molecule has 1 aliphatic rings. The molecule has 2 rings (SSSR count). The van der Waals surface area contributed by atoms with Crippen LogP contribution in [0.25, 0.3) is 0 Å². The SMILES string of the molecule is COC(=O)C1CCC(O)C(OCc2ccccc2)C1. The minimum Gasteiger partial charge on any atom is -0.469 e. The van der Waals surface area contributed by atoms with E-state index in [0.29, 0.717) is 25.9 Å². The molecule has 0 radical (unpaired) electrons. The zero-order chi connectivity index (χ0) is 13.7. The number of carbonyl (C=O) groups is 1. The van der Waals surface area contributed by atoms with Gasteiger partial charge in [0.2, 0.25) is 0 Å². The Balaban J connectivity index is 1.89. The second-order valence-electron chi connectivity index (χ2n) is 4.94. The minimum absolute atomic E-state index is 0.158. The topological polar surface area (TPSA) is 55.8 Å². The molecule has 19 heavy (non-hydrogen) atoms. The Kier molecular flexibility index (Phi) is 4.93. The van der Waals surface area contributed by atoms with Crippen LogP contribution in [0.4, 0.5) is 0 Å². The van der Waals surface area contributed by atoms with Crippen LogP contribution in [0.3, 0.4) is 0 Å². The lowest BCUT2D eigenvalue weighted by atomic mass is 9.85. The molecule has 4 nitrogen and oxygen atoms in total. The molecular formula is C15H20O4. The highest BCUT2D eigenvalue weighted by Crippen LogP contribution is 2.28. The van der Waals surface area contributed by atoms with E-state index in [1.165, 1.54) is 7.11 Å². The number of rotatable bonds is 4. The van der Waals surface area contributed by atoms with Gasteiger partial charge in [-0.1, -0.05) is 30.3 Å². The number of aliphatic hydroxyl groups is 1. The van der Waals surface area contributed by atoms with E-state index in [9.17, 15) is 9.90 Å². The van der Waals surface area contributed by atoms with Crippen molar-refractivity contribution in [1.29, 1.82) is 0 Å². The predicted octanol–water partition coefficient (Wildman–Crippen LogP) is 1.91. The summed E-state index contributed by atoms with van der Waals surface area (Å²) in [5.41, 5.74) is 1.06. The van der Waals surface area contributed by atoms with Crippen LogP contribution in [0.15, 0.2) is 30.3 Å². The van der Waals surface area contributed by atoms with E-state index in [2.05, 4.69) is 0 Å². The third kappa shape index (κ3) is 3.78. The van der Waals surface area contributed by atoms with Gasteiger partial charge in [-0.25, -0.2) is 0 Å². The molecule has 0 amide bonds. The molecule has 4 heteroatoms. The first-order chi connectivity index (χ1) is 9.20. The fourth-order valence-electron chi connectivity index (χ4n) is 2.45. The molecular weight excluding hydrogens is 244 g/mol. The molecule has 3 unspecified atom stereocenters. The maximum Gasteiger partial charge on any atom is 0.308 e. The van der Waals surface area contributed by atoms with Gasteiger partial charge in [-0.05, 0) is 24.8 Å². The van der Waals surface area contributed by atoms with E-state index in [-0.39, 0.29) is 18.0 Å². The number of hydrogen-bond acceptors (Lipinski definition) is 4. The second kappa shape index (κ2) is 6.68. The van der Waals surface area contributed by atoms with Gasteiger partial charge in [-0.15, -0.1) is 0 Å². The monoisotopic (exact) mass is 264 g/mol. The highest BCUT2D eigenvalue weighted by atomic mass is 16.5. The Morgan fingerprint density at radius 1 is 1.32 bits per heavy atom. The Morgan fingerprint density at radius 3 is 2.74 bits per heavy atom. The molecule has 104 valence electrons. The number of methoxy groups -OCH3 is 1. The van der Waals surface area contributed by atoms with Crippen LogP contribution in [-0.4, -0.2) is 30.4 Å². The summed E-state index contributed by atoms with van der Waals surface area (Å²) in [6.07, 6.45) is 0.988. The summed E-state index contributed by atoms with van der Waals surface area (Å²) in [7, 11) is 1.40. The van der Waals surface area contributed by atoms with Crippen LogP contribution < -0.4 is 0 Å². The fourth-order valence-corrected chi connectivity index (χ4v) is 2.45. The first kappa shape index (κ1) is 14.0. The third-order valence-electron chi connectivity index (χ3n) is 3.60. The van der Waals surface area contributed by atoms with Gasteiger partial charge >= 0.3 is 5.97 Å². The lowest BCUT2D eigenvalue weighted by Gasteiger charge is -2.31. The zero-order valence-electron chi connectivity index (χ0n) is 11.1. The van der Waals surface area contributed by atoms with Crippen LogP contribution in [0, 0.1) is 5.92 Å². The van der Waals surface area contributed by atoms with Gasteiger partial charge in [0.05, 0.1) is 31.8 Å². The maximum absolute atomic E-state index is 11.5. The molecule has 0 saturated heterocycles. The summed E-state index contributed by atoms with van der Waals surface area (Å²) in [6, 6.07) is 9.81. The number of hydrogen-bond donors (Lipinski definition) is 1. The molecule has 1 aliphatic carbocycles. The van der Waals surface area contributed by atoms with Gasteiger partial charge in [-0.2, -0.15) is 0 Å². The Bertz CT molecular complexity index is 404. The first-order valence-electron chi connectivity index (χ1n) is 6.62. The summed E-state index contributed by atoms with van der Waals surface area (Å²) >= 11 is 0. The molecule has 0 aliphatic heterocycles.